The van der Waals surface area contributed by atoms with Gasteiger partial charge in [0.05, 0.1) is 7.11 Å². The van der Waals surface area contributed by atoms with Crippen molar-refractivity contribution in [3.8, 4) is 5.75 Å². The summed E-state index contributed by atoms with van der Waals surface area (Å²) >= 11 is 0. The van der Waals surface area contributed by atoms with Gasteiger partial charge in [0.25, 0.3) is 0 Å². The fourth-order valence-electron chi connectivity index (χ4n) is 2.12. The monoisotopic (exact) mass is 219 g/mol. The highest BCUT2D eigenvalue weighted by molar-refractivity contribution is 5.37. The van der Waals surface area contributed by atoms with Crippen molar-refractivity contribution in [1.29, 1.82) is 0 Å². The molecule has 1 unspecified atom stereocenters. The normalized spacial score (nSPS) is 17.2. The van der Waals surface area contributed by atoms with E-state index in [0.717, 1.165) is 18.1 Å². The molecule has 2 N–H and O–H groups in total. The van der Waals surface area contributed by atoms with Gasteiger partial charge in [0, 0.05) is 6.04 Å². The highest BCUT2D eigenvalue weighted by atomic mass is 16.5. The molecule has 2 nitrogen and oxygen atoms in total. The molecule has 0 heterocycles. The fraction of sp³-hybridized carbons (Fsp3) is 0.571. The zero-order valence-electron chi connectivity index (χ0n) is 10.2. The summed E-state index contributed by atoms with van der Waals surface area (Å²) in [6.45, 7) is 2.07. The van der Waals surface area contributed by atoms with Gasteiger partial charge in [0.15, 0.2) is 0 Å². The zero-order chi connectivity index (χ0) is 11.5. The van der Waals surface area contributed by atoms with Crippen LogP contribution in [0, 0.1) is 12.8 Å². The Morgan fingerprint density at radius 3 is 2.75 bits per heavy atom. The Hall–Kier alpha value is -1.02. The summed E-state index contributed by atoms with van der Waals surface area (Å²) in [5, 5.41) is 0. The molecule has 1 aromatic carbocycles. The van der Waals surface area contributed by atoms with Gasteiger partial charge in [-0.1, -0.05) is 25.0 Å². The second-order valence-corrected chi connectivity index (χ2v) is 4.86. The predicted molar refractivity (Wildman–Crippen MR) is 66.6 cm³/mol. The lowest BCUT2D eigenvalue weighted by Crippen LogP contribution is -2.10. The molecule has 88 valence electrons. The quantitative estimate of drug-likeness (QED) is 0.825. The highest BCUT2D eigenvalue weighted by Crippen LogP contribution is 2.35. The van der Waals surface area contributed by atoms with E-state index in [9.17, 15) is 0 Å². The maximum atomic E-state index is 6.19. The molecular weight excluding hydrogens is 198 g/mol. The standard InChI is InChI=1S/C14H21NO/c1-10-9-12(6-8-14(10)16-2)13(15)7-5-11-3-4-11/h6,8-9,11,13H,3-5,7,15H2,1-2H3. The molecule has 0 radical (unpaired) electrons. The largest absolute Gasteiger partial charge is 0.496 e. The van der Waals surface area contributed by atoms with E-state index in [0.29, 0.717) is 0 Å². The summed E-state index contributed by atoms with van der Waals surface area (Å²) in [6.07, 6.45) is 5.21. The van der Waals surface area contributed by atoms with Gasteiger partial charge in [-0.05, 0) is 42.9 Å². The predicted octanol–water partition coefficient (Wildman–Crippen LogP) is 3.19. The van der Waals surface area contributed by atoms with E-state index < -0.39 is 0 Å². The fourth-order valence-corrected chi connectivity index (χ4v) is 2.12. The molecule has 2 heteroatoms. The van der Waals surface area contributed by atoms with E-state index in [4.69, 9.17) is 10.5 Å². The first-order valence-electron chi connectivity index (χ1n) is 6.11. The molecule has 1 atom stereocenters. The molecule has 2 rings (SSSR count). The molecule has 0 aromatic heterocycles. The van der Waals surface area contributed by atoms with Crippen LogP contribution in [0.15, 0.2) is 18.2 Å². The van der Waals surface area contributed by atoms with E-state index in [1.807, 2.05) is 6.07 Å². The maximum absolute atomic E-state index is 6.19. The van der Waals surface area contributed by atoms with Gasteiger partial charge in [-0.2, -0.15) is 0 Å². The minimum atomic E-state index is 0.185. The van der Waals surface area contributed by atoms with E-state index in [1.54, 1.807) is 7.11 Å². The van der Waals surface area contributed by atoms with Crippen LogP contribution in [0.5, 0.6) is 5.75 Å². The van der Waals surface area contributed by atoms with Crippen LogP contribution in [-0.2, 0) is 0 Å². The van der Waals surface area contributed by atoms with Gasteiger partial charge in [0.1, 0.15) is 5.75 Å². The van der Waals surface area contributed by atoms with Gasteiger partial charge in [0.2, 0.25) is 0 Å². The van der Waals surface area contributed by atoms with Gasteiger partial charge in [-0.25, -0.2) is 0 Å². The average Bonchev–Trinajstić information content (AvgIpc) is 3.09. The Labute approximate surface area is 97.8 Å². The first-order chi connectivity index (χ1) is 7.70. The number of hydrogen-bond donors (Lipinski definition) is 1. The molecule has 0 bridgehead atoms. The Morgan fingerprint density at radius 2 is 2.19 bits per heavy atom. The summed E-state index contributed by atoms with van der Waals surface area (Å²) in [5.74, 6) is 1.91. The molecule has 0 spiro atoms. The Balaban J connectivity index is 1.98. The van der Waals surface area contributed by atoms with Gasteiger partial charge >= 0.3 is 0 Å². The average molecular weight is 219 g/mol. The van der Waals surface area contributed by atoms with Crippen molar-refractivity contribution in [2.45, 2.75) is 38.6 Å². The van der Waals surface area contributed by atoms with Gasteiger partial charge < -0.3 is 10.5 Å². The maximum Gasteiger partial charge on any atom is 0.121 e. The minimum absolute atomic E-state index is 0.185. The topological polar surface area (TPSA) is 35.2 Å². The Bertz CT molecular complexity index is 358. The molecule has 0 aliphatic heterocycles. The summed E-state index contributed by atoms with van der Waals surface area (Å²) < 4.78 is 5.25. The molecule has 0 saturated heterocycles. The zero-order valence-corrected chi connectivity index (χ0v) is 10.2. The molecule has 16 heavy (non-hydrogen) atoms. The van der Waals surface area contributed by atoms with Crippen LogP contribution in [0.2, 0.25) is 0 Å². The van der Waals surface area contributed by atoms with Gasteiger partial charge in [-0.3, -0.25) is 0 Å². The van der Waals surface area contributed by atoms with Crippen molar-refractivity contribution in [1.82, 2.24) is 0 Å². The van der Waals surface area contributed by atoms with E-state index in [2.05, 4.69) is 19.1 Å². The number of benzene rings is 1. The lowest BCUT2D eigenvalue weighted by Gasteiger charge is -2.14. The van der Waals surface area contributed by atoms with Crippen molar-refractivity contribution in [2.24, 2.45) is 11.7 Å². The summed E-state index contributed by atoms with van der Waals surface area (Å²) in [5.41, 5.74) is 8.59. The van der Waals surface area contributed by atoms with E-state index in [1.165, 1.54) is 30.4 Å². The molecule has 1 aliphatic carbocycles. The van der Waals surface area contributed by atoms with Crippen molar-refractivity contribution >= 4 is 0 Å². The van der Waals surface area contributed by atoms with Crippen LogP contribution in [0.4, 0.5) is 0 Å². The molecule has 0 amide bonds. The van der Waals surface area contributed by atoms with Crippen LogP contribution in [0.3, 0.4) is 0 Å². The van der Waals surface area contributed by atoms with Crippen LogP contribution < -0.4 is 10.5 Å². The van der Waals surface area contributed by atoms with E-state index >= 15 is 0 Å². The molecule has 1 fully saturated rings. The van der Waals surface area contributed by atoms with Crippen LogP contribution in [0.1, 0.15) is 42.9 Å². The van der Waals surface area contributed by atoms with Gasteiger partial charge in [-0.15, -0.1) is 0 Å². The Kier molecular flexibility index (Phi) is 3.49. The Morgan fingerprint density at radius 1 is 1.44 bits per heavy atom. The number of methoxy groups -OCH3 is 1. The minimum Gasteiger partial charge on any atom is -0.496 e. The smallest absolute Gasteiger partial charge is 0.121 e. The number of aryl methyl sites for hydroxylation is 1. The molecule has 1 saturated carbocycles. The molecule has 1 aromatic rings. The SMILES string of the molecule is COc1ccc(C(N)CCC2CC2)cc1C. The third-order valence-corrected chi connectivity index (χ3v) is 3.43. The van der Waals surface area contributed by atoms with Crippen LogP contribution in [-0.4, -0.2) is 7.11 Å². The number of nitrogens with two attached hydrogens (primary N) is 1. The number of hydrogen-bond acceptors (Lipinski definition) is 2. The lowest BCUT2D eigenvalue weighted by molar-refractivity contribution is 0.411. The third kappa shape index (κ3) is 2.76. The second-order valence-electron chi connectivity index (χ2n) is 4.86. The summed E-state index contributed by atoms with van der Waals surface area (Å²) in [6, 6.07) is 6.44. The van der Waals surface area contributed by atoms with Crippen molar-refractivity contribution in [3.05, 3.63) is 29.3 Å². The first-order valence-corrected chi connectivity index (χ1v) is 6.11. The van der Waals surface area contributed by atoms with Crippen LogP contribution >= 0.6 is 0 Å². The second kappa shape index (κ2) is 4.88. The number of ether oxygens (including phenoxy) is 1. The summed E-state index contributed by atoms with van der Waals surface area (Å²) in [4.78, 5) is 0. The summed E-state index contributed by atoms with van der Waals surface area (Å²) in [7, 11) is 1.70. The third-order valence-electron chi connectivity index (χ3n) is 3.43. The van der Waals surface area contributed by atoms with Crippen molar-refractivity contribution < 1.29 is 4.74 Å². The highest BCUT2D eigenvalue weighted by Gasteiger charge is 2.22. The lowest BCUT2D eigenvalue weighted by atomic mass is 9.99. The van der Waals surface area contributed by atoms with Crippen LogP contribution in [0.25, 0.3) is 0 Å². The van der Waals surface area contributed by atoms with E-state index in [-0.39, 0.29) is 6.04 Å². The molecular formula is C14H21NO. The first kappa shape index (κ1) is 11.5. The van der Waals surface area contributed by atoms with Crippen molar-refractivity contribution in [3.63, 3.8) is 0 Å². The molecule has 1 aliphatic rings. The van der Waals surface area contributed by atoms with Crippen molar-refractivity contribution in [2.75, 3.05) is 7.11 Å². The number of rotatable bonds is 5.